The van der Waals surface area contributed by atoms with Crippen LogP contribution in [0.3, 0.4) is 0 Å². The van der Waals surface area contributed by atoms with Gasteiger partial charge in [0, 0.05) is 13.6 Å². The Morgan fingerprint density at radius 1 is 1.77 bits per heavy atom. The van der Waals surface area contributed by atoms with E-state index in [4.69, 9.17) is 4.42 Å². The van der Waals surface area contributed by atoms with Gasteiger partial charge in [-0.2, -0.15) is 0 Å². The van der Waals surface area contributed by atoms with Crippen molar-refractivity contribution in [2.75, 3.05) is 31.6 Å². The number of rotatable bonds is 3. The van der Waals surface area contributed by atoms with E-state index in [-0.39, 0.29) is 0 Å². The maximum atomic E-state index is 5.20. The van der Waals surface area contributed by atoms with E-state index in [1.807, 2.05) is 7.05 Å². The summed E-state index contributed by atoms with van der Waals surface area (Å²) in [5.74, 6) is 0.733. The summed E-state index contributed by atoms with van der Waals surface area (Å²) in [6, 6.07) is 0.715. The topological polar surface area (TPSA) is 41.3 Å². The number of nitrogens with zero attached hydrogens (tertiary/aromatic N) is 2. The smallest absolute Gasteiger partial charge is 0.296 e. The Morgan fingerprint density at radius 2 is 2.69 bits per heavy atom. The van der Waals surface area contributed by atoms with Gasteiger partial charge in [-0.25, -0.2) is 4.98 Å². The van der Waals surface area contributed by atoms with Crippen LogP contribution in [0.1, 0.15) is 6.42 Å². The van der Waals surface area contributed by atoms with Gasteiger partial charge in [0.25, 0.3) is 6.01 Å². The van der Waals surface area contributed by atoms with Crippen LogP contribution in [-0.2, 0) is 0 Å². The molecule has 0 aliphatic carbocycles. The largest absolute Gasteiger partial charge is 0.432 e. The molecule has 0 spiro atoms. The van der Waals surface area contributed by atoms with Crippen molar-refractivity contribution in [2.24, 2.45) is 5.92 Å². The Kier molecular flexibility index (Phi) is 2.49. The predicted octanol–water partition coefficient (Wildman–Crippen LogP) is 0.720. The molecule has 1 N–H and O–H groups in total. The average Bonchev–Trinajstić information content (AvgIpc) is 2.74. The van der Waals surface area contributed by atoms with Crippen LogP contribution in [0.15, 0.2) is 16.9 Å². The number of hydrogen-bond donors (Lipinski definition) is 1. The second-order valence-corrected chi connectivity index (χ2v) is 3.55. The number of anilines is 1. The van der Waals surface area contributed by atoms with Crippen molar-refractivity contribution in [2.45, 2.75) is 6.42 Å². The predicted molar refractivity (Wildman–Crippen MR) is 50.7 cm³/mol. The SMILES string of the molecule is CN(CC1CCNC1)c1ncco1. The van der Waals surface area contributed by atoms with Crippen LogP contribution in [0.4, 0.5) is 6.01 Å². The van der Waals surface area contributed by atoms with E-state index in [0.29, 0.717) is 6.01 Å². The number of nitrogens with one attached hydrogen (secondary N) is 1. The van der Waals surface area contributed by atoms with Crippen LogP contribution >= 0.6 is 0 Å². The zero-order chi connectivity index (χ0) is 9.10. The molecule has 0 amide bonds. The van der Waals surface area contributed by atoms with Crippen molar-refractivity contribution >= 4 is 6.01 Å². The molecule has 1 unspecified atom stereocenters. The lowest BCUT2D eigenvalue weighted by molar-refractivity contribution is 0.509. The highest BCUT2D eigenvalue weighted by atomic mass is 16.4. The van der Waals surface area contributed by atoms with Crippen LogP contribution in [0.2, 0.25) is 0 Å². The van der Waals surface area contributed by atoms with Crippen molar-refractivity contribution in [3.63, 3.8) is 0 Å². The number of aromatic nitrogens is 1. The Bertz CT molecular complexity index is 241. The second kappa shape index (κ2) is 3.79. The van der Waals surface area contributed by atoms with Gasteiger partial charge in [-0.05, 0) is 25.4 Å². The molecule has 0 radical (unpaired) electrons. The van der Waals surface area contributed by atoms with Crippen molar-refractivity contribution in [3.05, 3.63) is 12.5 Å². The maximum absolute atomic E-state index is 5.20. The summed E-state index contributed by atoms with van der Waals surface area (Å²) in [4.78, 5) is 6.16. The van der Waals surface area contributed by atoms with E-state index < -0.39 is 0 Å². The molecule has 0 aromatic carbocycles. The molecular weight excluding hydrogens is 166 g/mol. The van der Waals surface area contributed by atoms with Gasteiger partial charge in [0.1, 0.15) is 6.26 Å². The summed E-state index contributed by atoms with van der Waals surface area (Å²) < 4.78 is 5.20. The quantitative estimate of drug-likeness (QED) is 0.746. The van der Waals surface area contributed by atoms with Gasteiger partial charge in [0.15, 0.2) is 0 Å². The van der Waals surface area contributed by atoms with E-state index in [1.165, 1.54) is 6.42 Å². The Hall–Kier alpha value is -1.03. The molecule has 2 heterocycles. The van der Waals surface area contributed by atoms with Crippen LogP contribution < -0.4 is 10.2 Å². The molecular formula is C9H15N3O. The van der Waals surface area contributed by atoms with E-state index >= 15 is 0 Å². The fourth-order valence-electron chi connectivity index (χ4n) is 1.74. The summed E-state index contributed by atoms with van der Waals surface area (Å²) in [6.07, 6.45) is 4.54. The van der Waals surface area contributed by atoms with Gasteiger partial charge in [-0.3, -0.25) is 0 Å². The van der Waals surface area contributed by atoms with E-state index in [9.17, 15) is 0 Å². The summed E-state index contributed by atoms with van der Waals surface area (Å²) in [7, 11) is 2.02. The normalized spacial score (nSPS) is 22.1. The molecule has 1 fully saturated rings. The molecule has 1 aromatic heterocycles. The van der Waals surface area contributed by atoms with Crippen molar-refractivity contribution in [3.8, 4) is 0 Å². The van der Waals surface area contributed by atoms with Gasteiger partial charge < -0.3 is 14.6 Å². The number of oxazole rings is 1. The number of hydrogen-bond acceptors (Lipinski definition) is 4. The molecule has 4 nitrogen and oxygen atoms in total. The molecule has 1 saturated heterocycles. The van der Waals surface area contributed by atoms with Gasteiger partial charge in [0.05, 0.1) is 6.20 Å². The highest BCUT2D eigenvalue weighted by Crippen LogP contribution is 2.14. The van der Waals surface area contributed by atoms with Crippen molar-refractivity contribution < 1.29 is 4.42 Å². The fourth-order valence-corrected chi connectivity index (χ4v) is 1.74. The second-order valence-electron chi connectivity index (χ2n) is 3.55. The average molecular weight is 181 g/mol. The van der Waals surface area contributed by atoms with Gasteiger partial charge >= 0.3 is 0 Å². The van der Waals surface area contributed by atoms with Gasteiger partial charge in [-0.15, -0.1) is 0 Å². The third kappa shape index (κ3) is 2.01. The molecule has 72 valence electrons. The Balaban J connectivity index is 1.87. The molecule has 0 saturated carbocycles. The van der Waals surface area contributed by atoms with Crippen LogP contribution in [-0.4, -0.2) is 31.7 Å². The standard InChI is InChI=1S/C9H15N3O/c1-12(9-11-4-5-13-9)7-8-2-3-10-6-8/h4-5,8,10H,2-3,6-7H2,1H3. The fraction of sp³-hybridized carbons (Fsp3) is 0.667. The van der Waals surface area contributed by atoms with Crippen LogP contribution in [0.25, 0.3) is 0 Å². The lowest BCUT2D eigenvalue weighted by Gasteiger charge is -2.18. The van der Waals surface area contributed by atoms with Crippen molar-refractivity contribution in [1.82, 2.24) is 10.3 Å². The third-order valence-corrected chi connectivity index (χ3v) is 2.44. The van der Waals surface area contributed by atoms with Crippen LogP contribution in [0, 0.1) is 5.92 Å². The Labute approximate surface area is 77.9 Å². The minimum absolute atomic E-state index is 0.715. The van der Waals surface area contributed by atoms with Gasteiger partial charge in [0.2, 0.25) is 0 Å². The summed E-state index contributed by atoms with van der Waals surface area (Å²) in [5, 5.41) is 3.35. The monoisotopic (exact) mass is 181 g/mol. The zero-order valence-corrected chi connectivity index (χ0v) is 7.86. The molecule has 1 aliphatic heterocycles. The lowest BCUT2D eigenvalue weighted by Crippen LogP contribution is -2.26. The van der Waals surface area contributed by atoms with Gasteiger partial charge in [-0.1, -0.05) is 0 Å². The first-order valence-corrected chi connectivity index (χ1v) is 4.67. The zero-order valence-electron chi connectivity index (χ0n) is 7.86. The Morgan fingerprint density at radius 3 is 3.31 bits per heavy atom. The molecule has 13 heavy (non-hydrogen) atoms. The molecule has 1 aromatic rings. The summed E-state index contributed by atoms with van der Waals surface area (Å²) in [5.41, 5.74) is 0. The van der Waals surface area contributed by atoms with E-state index in [2.05, 4.69) is 15.2 Å². The first-order chi connectivity index (χ1) is 6.36. The molecule has 2 rings (SSSR count). The highest BCUT2D eigenvalue weighted by Gasteiger charge is 2.17. The lowest BCUT2D eigenvalue weighted by atomic mass is 10.1. The maximum Gasteiger partial charge on any atom is 0.296 e. The minimum Gasteiger partial charge on any atom is -0.432 e. The first kappa shape index (κ1) is 8.56. The minimum atomic E-state index is 0.715. The molecule has 1 atom stereocenters. The van der Waals surface area contributed by atoms with Crippen LogP contribution in [0.5, 0.6) is 0 Å². The molecule has 1 aliphatic rings. The van der Waals surface area contributed by atoms with E-state index in [1.54, 1.807) is 12.5 Å². The molecule has 4 heteroatoms. The summed E-state index contributed by atoms with van der Waals surface area (Å²) in [6.45, 7) is 3.28. The summed E-state index contributed by atoms with van der Waals surface area (Å²) >= 11 is 0. The highest BCUT2D eigenvalue weighted by molar-refractivity contribution is 5.22. The van der Waals surface area contributed by atoms with Crippen molar-refractivity contribution in [1.29, 1.82) is 0 Å². The third-order valence-electron chi connectivity index (χ3n) is 2.44. The molecule has 0 bridgehead atoms. The first-order valence-electron chi connectivity index (χ1n) is 4.67. The van der Waals surface area contributed by atoms with E-state index in [0.717, 1.165) is 25.6 Å².